The summed E-state index contributed by atoms with van der Waals surface area (Å²) >= 11 is 12.5. The zero-order valence-electron chi connectivity index (χ0n) is 14.3. The van der Waals surface area contributed by atoms with E-state index in [9.17, 15) is 4.79 Å². The first-order valence-corrected chi connectivity index (χ1v) is 9.77. The van der Waals surface area contributed by atoms with Crippen molar-refractivity contribution in [2.24, 2.45) is 0 Å². The van der Waals surface area contributed by atoms with Crippen LogP contribution in [0.2, 0.25) is 5.02 Å². The number of carbonyl (C=O) groups excluding carboxylic acids is 1. The number of hydrazine groups is 1. The van der Waals surface area contributed by atoms with Crippen LogP contribution in [-0.4, -0.2) is 17.6 Å². The summed E-state index contributed by atoms with van der Waals surface area (Å²) in [6, 6.07) is 9.65. The topological polar surface area (TPSA) is 53.2 Å². The van der Waals surface area contributed by atoms with Gasteiger partial charge in [0, 0.05) is 16.4 Å². The highest BCUT2D eigenvalue weighted by molar-refractivity contribution is 7.80. The lowest BCUT2D eigenvalue weighted by atomic mass is 10.1. The number of aryl methyl sites for hydroxylation is 2. The van der Waals surface area contributed by atoms with Crippen molar-refractivity contribution in [2.75, 3.05) is 6.54 Å². The van der Waals surface area contributed by atoms with Crippen LogP contribution in [0, 0.1) is 6.92 Å². The number of carbonyl (C=O) groups is 1. The minimum Gasteiger partial charge on any atom is -0.361 e. The summed E-state index contributed by atoms with van der Waals surface area (Å²) in [6.07, 6.45) is 2.88. The summed E-state index contributed by atoms with van der Waals surface area (Å²) in [7, 11) is 0. The van der Waals surface area contributed by atoms with Crippen LogP contribution in [0.3, 0.4) is 0 Å². The predicted octanol–water partition coefficient (Wildman–Crippen LogP) is 4.01. The summed E-state index contributed by atoms with van der Waals surface area (Å²) in [5.41, 5.74) is 7.79. The average molecular weight is 396 g/mol. The number of thiophene rings is 1. The van der Waals surface area contributed by atoms with Gasteiger partial charge < -0.3 is 5.32 Å². The Kier molecular flexibility index (Phi) is 7.68. The molecule has 0 spiro atoms. The van der Waals surface area contributed by atoms with Gasteiger partial charge in [0.05, 0.1) is 4.88 Å². The molecule has 3 N–H and O–H groups in total. The molecular formula is C18H22ClN3OS2. The van der Waals surface area contributed by atoms with Gasteiger partial charge in [-0.3, -0.25) is 15.6 Å². The predicted molar refractivity (Wildman–Crippen MR) is 109 cm³/mol. The fourth-order valence-corrected chi connectivity index (χ4v) is 3.59. The maximum Gasteiger partial charge on any atom is 0.279 e. The second kappa shape index (κ2) is 9.75. The molecule has 2 aromatic rings. The molecule has 0 radical (unpaired) electrons. The molecule has 134 valence electrons. The number of thiocarbonyl (C=S) groups is 1. The van der Waals surface area contributed by atoms with Gasteiger partial charge >= 0.3 is 0 Å². The molecule has 0 atom stereocenters. The molecule has 4 nitrogen and oxygen atoms in total. The molecule has 1 aromatic carbocycles. The van der Waals surface area contributed by atoms with Gasteiger partial charge in [0.15, 0.2) is 5.11 Å². The van der Waals surface area contributed by atoms with E-state index in [-0.39, 0.29) is 5.91 Å². The normalized spacial score (nSPS) is 10.4. The van der Waals surface area contributed by atoms with Gasteiger partial charge in [0.2, 0.25) is 0 Å². The summed E-state index contributed by atoms with van der Waals surface area (Å²) in [6.45, 7) is 4.84. The average Bonchev–Trinajstić information content (AvgIpc) is 2.96. The van der Waals surface area contributed by atoms with Crippen molar-refractivity contribution < 1.29 is 4.79 Å². The zero-order chi connectivity index (χ0) is 18.2. The first-order valence-electron chi connectivity index (χ1n) is 8.17. The highest BCUT2D eigenvalue weighted by atomic mass is 35.5. The molecule has 0 aliphatic heterocycles. The van der Waals surface area contributed by atoms with Gasteiger partial charge in [0.25, 0.3) is 5.91 Å². The van der Waals surface area contributed by atoms with Gasteiger partial charge in [-0.1, -0.05) is 37.1 Å². The lowest BCUT2D eigenvalue weighted by Gasteiger charge is -2.11. The van der Waals surface area contributed by atoms with Gasteiger partial charge in [-0.05, 0) is 61.3 Å². The van der Waals surface area contributed by atoms with Crippen LogP contribution in [0.1, 0.15) is 39.0 Å². The van der Waals surface area contributed by atoms with E-state index in [1.165, 1.54) is 27.3 Å². The lowest BCUT2D eigenvalue weighted by molar-refractivity contribution is 0.0947. The molecule has 0 unspecified atom stereocenters. The van der Waals surface area contributed by atoms with Crippen molar-refractivity contribution in [3.05, 3.63) is 56.2 Å². The van der Waals surface area contributed by atoms with Crippen molar-refractivity contribution in [3.63, 3.8) is 0 Å². The number of nitrogens with one attached hydrogen (secondary N) is 3. The second-order valence-electron chi connectivity index (χ2n) is 5.65. The first kappa shape index (κ1) is 19.7. The molecule has 0 saturated heterocycles. The number of amides is 1. The van der Waals surface area contributed by atoms with Crippen molar-refractivity contribution >= 4 is 46.2 Å². The van der Waals surface area contributed by atoms with Crippen molar-refractivity contribution in [1.82, 2.24) is 16.2 Å². The third kappa shape index (κ3) is 6.30. The smallest absolute Gasteiger partial charge is 0.279 e. The van der Waals surface area contributed by atoms with Crippen molar-refractivity contribution in [1.29, 1.82) is 0 Å². The first-order chi connectivity index (χ1) is 12.0. The molecule has 25 heavy (non-hydrogen) atoms. The van der Waals surface area contributed by atoms with Gasteiger partial charge in [-0.2, -0.15) is 0 Å². The van der Waals surface area contributed by atoms with E-state index in [4.69, 9.17) is 23.8 Å². The fourth-order valence-electron chi connectivity index (χ4n) is 2.34. The summed E-state index contributed by atoms with van der Waals surface area (Å²) < 4.78 is 0. The quantitative estimate of drug-likeness (QED) is 0.511. The van der Waals surface area contributed by atoms with Crippen LogP contribution in [0.15, 0.2) is 30.3 Å². The number of halogens is 1. The molecule has 0 fully saturated rings. The van der Waals surface area contributed by atoms with Crippen LogP contribution in [0.4, 0.5) is 0 Å². The van der Waals surface area contributed by atoms with Crippen LogP contribution < -0.4 is 16.2 Å². The van der Waals surface area contributed by atoms with E-state index in [0.717, 1.165) is 24.3 Å². The molecule has 1 heterocycles. The minimum atomic E-state index is -0.169. The third-order valence-electron chi connectivity index (χ3n) is 3.67. The standard InChI is InChI=1S/C18H22ClN3OS2/c1-3-4-14-11-16(25-12(14)2)17(23)21-22-18(24)20-10-9-13-5-7-15(19)8-6-13/h5-8,11H,3-4,9-10H2,1-2H3,(H,21,23)(H2,20,22,24). The maximum absolute atomic E-state index is 12.2. The Labute approximate surface area is 162 Å². The second-order valence-corrected chi connectivity index (χ2v) is 7.75. The SMILES string of the molecule is CCCc1cc(C(=O)NNC(=S)NCCc2ccc(Cl)cc2)sc1C. The number of hydrogen-bond donors (Lipinski definition) is 3. The van der Waals surface area contributed by atoms with Gasteiger partial charge in [-0.15, -0.1) is 11.3 Å². The molecule has 0 aliphatic carbocycles. The maximum atomic E-state index is 12.2. The Morgan fingerprint density at radius 3 is 2.60 bits per heavy atom. The zero-order valence-corrected chi connectivity index (χ0v) is 16.7. The van der Waals surface area contributed by atoms with Crippen molar-refractivity contribution in [3.8, 4) is 0 Å². The highest BCUT2D eigenvalue weighted by Crippen LogP contribution is 2.22. The van der Waals surface area contributed by atoms with E-state index >= 15 is 0 Å². The minimum absolute atomic E-state index is 0.169. The molecule has 7 heteroatoms. The van der Waals surface area contributed by atoms with E-state index < -0.39 is 0 Å². The molecule has 0 saturated carbocycles. The summed E-state index contributed by atoms with van der Waals surface area (Å²) in [4.78, 5) is 14.1. The van der Waals surface area contributed by atoms with Crippen LogP contribution in [0.25, 0.3) is 0 Å². The summed E-state index contributed by atoms with van der Waals surface area (Å²) in [5, 5.41) is 4.18. The van der Waals surface area contributed by atoms with Crippen LogP contribution in [-0.2, 0) is 12.8 Å². The fraction of sp³-hybridized carbons (Fsp3) is 0.333. The molecule has 2 rings (SSSR count). The number of benzene rings is 1. The van der Waals surface area contributed by atoms with Crippen molar-refractivity contribution in [2.45, 2.75) is 33.1 Å². The third-order valence-corrected chi connectivity index (χ3v) is 5.26. The highest BCUT2D eigenvalue weighted by Gasteiger charge is 2.12. The molecule has 0 bridgehead atoms. The van der Waals surface area contributed by atoms with E-state index in [1.807, 2.05) is 37.3 Å². The molecular weight excluding hydrogens is 374 g/mol. The number of rotatable bonds is 6. The van der Waals surface area contributed by atoms with Gasteiger partial charge in [-0.25, -0.2) is 0 Å². The largest absolute Gasteiger partial charge is 0.361 e. The summed E-state index contributed by atoms with van der Waals surface area (Å²) in [5.74, 6) is -0.169. The Morgan fingerprint density at radius 2 is 1.92 bits per heavy atom. The van der Waals surface area contributed by atoms with Crippen LogP contribution in [0.5, 0.6) is 0 Å². The van der Waals surface area contributed by atoms with E-state index in [0.29, 0.717) is 16.5 Å². The van der Waals surface area contributed by atoms with E-state index in [1.54, 1.807) is 0 Å². The Hall–Kier alpha value is -1.63. The lowest BCUT2D eigenvalue weighted by Crippen LogP contribution is -2.47. The van der Waals surface area contributed by atoms with E-state index in [2.05, 4.69) is 23.1 Å². The molecule has 0 aliphatic rings. The monoisotopic (exact) mass is 395 g/mol. The van der Waals surface area contributed by atoms with Gasteiger partial charge in [0.1, 0.15) is 0 Å². The Bertz CT molecular complexity index is 728. The number of hydrogen-bond acceptors (Lipinski definition) is 3. The Balaban J connectivity index is 1.72. The molecule has 1 aromatic heterocycles. The Morgan fingerprint density at radius 1 is 1.20 bits per heavy atom. The molecule has 1 amide bonds. The van der Waals surface area contributed by atoms with Crippen LogP contribution >= 0.6 is 35.2 Å².